The van der Waals surface area contributed by atoms with Crippen molar-refractivity contribution >= 4 is 49.0 Å². The molecule has 0 aliphatic carbocycles. The van der Waals surface area contributed by atoms with Gasteiger partial charge in [-0.2, -0.15) is 16.0 Å². The minimum absolute atomic E-state index is 0. The molecule has 3 heterocycles. The summed E-state index contributed by atoms with van der Waals surface area (Å²) in [6, 6.07) is 10.5. The van der Waals surface area contributed by atoms with E-state index in [0.29, 0.717) is 11.4 Å². The molecular formula is C35H44KN6O8S2+. The van der Waals surface area contributed by atoms with Crippen LogP contribution >= 0.6 is 0 Å². The number of nitrogens with two attached hydrogens (primary N) is 1. The number of hydrogen-bond donors (Lipinski definition) is 4. The van der Waals surface area contributed by atoms with Crippen LogP contribution in [-0.2, 0) is 36.0 Å². The van der Waals surface area contributed by atoms with Crippen molar-refractivity contribution in [3.8, 4) is 0 Å². The summed E-state index contributed by atoms with van der Waals surface area (Å²) in [5.74, 6) is 4.63. The molecule has 274 valence electrons. The van der Waals surface area contributed by atoms with Gasteiger partial charge < -0.3 is 19.7 Å². The van der Waals surface area contributed by atoms with Gasteiger partial charge in [-0.3, -0.25) is 0 Å². The van der Waals surface area contributed by atoms with Gasteiger partial charge in [-0.15, -0.1) is 0 Å². The second-order valence-electron chi connectivity index (χ2n) is 13.9. The number of carbonyl (C=O) groups excluding carboxylic acids is 1. The van der Waals surface area contributed by atoms with Crippen LogP contribution in [0, 0.1) is 0 Å². The van der Waals surface area contributed by atoms with E-state index < -0.39 is 48.2 Å². The second-order valence-corrected chi connectivity index (χ2v) is 17.0. The Balaban J connectivity index is 0.00000605. The SMILES string of the molecule is CNC(=O)Nc1ccc2c(c1)C(C)(C)\C(=C/C=C/C=C/C=C/C1=[N+](CCS(=O)(=O)[O-])c3ccc(C(C)NON)cc3C1(C)C)[N+]21CC1S(=O)(=O)[O-].[K+]. The van der Waals surface area contributed by atoms with Crippen molar-refractivity contribution < 1.29 is 91.6 Å². The zero-order valence-electron chi connectivity index (χ0n) is 30.3. The van der Waals surface area contributed by atoms with Crippen LogP contribution in [0.3, 0.4) is 0 Å². The predicted octanol–water partition coefficient (Wildman–Crippen LogP) is 0.555. The number of amides is 2. The molecule has 1 spiro atoms. The number of urea groups is 1. The largest absolute Gasteiger partial charge is 1.00 e. The maximum absolute atomic E-state index is 12.3. The van der Waals surface area contributed by atoms with E-state index in [1.165, 1.54) is 7.05 Å². The Labute approximate surface area is 348 Å². The van der Waals surface area contributed by atoms with E-state index in [2.05, 4.69) is 21.1 Å². The zero-order valence-corrected chi connectivity index (χ0v) is 35.1. The number of fused-ring (bicyclic) bond motifs is 3. The van der Waals surface area contributed by atoms with Gasteiger partial charge in [0.15, 0.2) is 28.9 Å². The van der Waals surface area contributed by atoms with Crippen molar-refractivity contribution in [2.24, 2.45) is 5.90 Å². The third-order valence-corrected chi connectivity index (χ3v) is 11.8. The molecule has 0 radical (unpaired) electrons. The Morgan fingerprint density at radius 1 is 1.02 bits per heavy atom. The summed E-state index contributed by atoms with van der Waals surface area (Å²) in [5.41, 5.74) is 7.78. The fraction of sp³-hybridized carbons (Fsp3) is 0.371. The fourth-order valence-corrected chi connectivity index (χ4v) is 8.84. The number of allylic oxidation sites excluding steroid dienone is 8. The number of nitrogens with one attached hydrogen (secondary N) is 3. The number of nitrogens with zero attached hydrogens (tertiary/aromatic N) is 2. The van der Waals surface area contributed by atoms with Crippen LogP contribution in [0.25, 0.3) is 0 Å². The molecule has 1 fully saturated rings. The van der Waals surface area contributed by atoms with E-state index in [4.69, 9.17) is 5.90 Å². The summed E-state index contributed by atoms with van der Waals surface area (Å²) in [7, 11) is -7.56. The van der Waals surface area contributed by atoms with Crippen molar-refractivity contribution in [1.82, 2.24) is 15.3 Å². The molecule has 3 aliphatic heterocycles. The zero-order chi connectivity index (χ0) is 37.6. The number of carbonyl (C=O) groups is 1. The third-order valence-electron chi connectivity index (χ3n) is 9.97. The van der Waals surface area contributed by atoms with E-state index in [1.807, 2.05) is 81.7 Å². The Kier molecular flexibility index (Phi) is 12.9. The molecule has 3 atom stereocenters. The minimum atomic E-state index is -4.60. The third kappa shape index (κ3) is 8.31. The van der Waals surface area contributed by atoms with Gasteiger partial charge in [-0.1, -0.05) is 36.4 Å². The first-order valence-corrected chi connectivity index (χ1v) is 19.4. The van der Waals surface area contributed by atoms with Gasteiger partial charge in [0, 0.05) is 42.1 Å². The first kappa shape index (κ1) is 42.4. The number of anilines is 1. The molecule has 14 nitrogen and oxygen atoms in total. The molecule has 0 saturated carbocycles. The summed E-state index contributed by atoms with van der Waals surface area (Å²) >= 11 is 0. The van der Waals surface area contributed by atoms with Gasteiger partial charge in [0.05, 0.1) is 22.6 Å². The number of quaternary nitrogens is 1. The van der Waals surface area contributed by atoms with E-state index in [9.17, 15) is 30.7 Å². The predicted molar refractivity (Wildman–Crippen MR) is 194 cm³/mol. The number of hydroxylamine groups is 1. The number of rotatable bonds is 12. The van der Waals surface area contributed by atoms with Crippen LogP contribution in [-0.4, -0.2) is 73.5 Å². The minimum Gasteiger partial charge on any atom is -0.748 e. The van der Waals surface area contributed by atoms with Gasteiger partial charge in [0.1, 0.15) is 21.5 Å². The second kappa shape index (κ2) is 15.8. The Morgan fingerprint density at radius 3 is 2.31 bits per heavy atom. The molecule has 5 N–H and O–H groups in total. The smallest absolute Gasteiger partial charge is 0.748 e. The first-order chi connectivity index (χ1) is 23.8. The van der Waals surface area contributed by atoms with Gasteiger partial charge in [0.2, 0.25) is 11.1 Å². The maximum atomic E-state index is 12.3. The monoisotopic (exact) mass is 779 g/mol. The van der Waals surface area contributed by atoms with Crippen molar-refractivity contribution in [1.29, 1.82) is 0 Å². The number of benzene rings is 2. The van der Waals surface area contributed by atoms with E-state index in [0.717, 1.165) is 33.8 Å². The van der Waals surface area contributed by atoms with Gasteiger partial charge in [-0.05, 0) is 64.5 Å². The van der Waals surface area contributed by atoms with Crippen LogP contribution in [0.15, 0.2) is 84.6 Å². The molecule has 3 aliphatic rings. The summed E-state index contributed by atoms with van der Waals surface area (Å²) in [4.78, 5) is 16.5. The van der Waals surface area contributed by atoms with Gasteiger partial charge in [-0.25, -0.2) is 31.1 Å². The van der Waals surface area contributed by atoms with Gasteiger partial charge in [0.25, 0.3) is 0 Å². The molecule has 1 saturated heterocycles. The average Bonchev–Trinajstić information content (AvgIpc) is 3.73. The molecule has 2 amide bonds. The Morgan fingerprint density at radius 2 is 1.69 bits per heavy atom. The van der Waals surface area contributed by atoms with Crippen LogP contribution in [0.2, 0.25) is 0 Å². The van der Waals surface area contributed by atoms with Crippen molar-refractivity contribution in [3.63, 3.8) is 0 Å². The maximum Gasteiger partial charge on any atom is 1.00 e. The standard InChI is InChI=1S/C35H44N6O8S2.K/c1-23(39-49-36)24-14-16-28-26(20-24)34(2,3)30(40(28)18-19-50(43,44)45)12-10-8-7-9-11-13-31-35(4,5)27-21-25(38-33(42)37-6)15-17-29(27)41(31)22-32(41)51(46,47)48;/h7-17,20-21,23,32,39H,18-19,22,36H2,1-6H3,(H2-2,37,38,42,43,44,45,46,47,48);/q;+1/b8-7+,11-9+,12-10+,31-13+;. The van der Waals surface area contributed by atoms with Crippen LogP contribution in [0.4, 0.5) is 21.9 Å². The van der Waals surface area contributed by atoms with Crippen molar-refractivity contribution in [2.75, 3.05) is 31.2 Å². The summed E-state index contributed by atoms with van der Waals surface area (Å²) < 4.78 is 73.3. The normalized spacial score (nSPS) is 23.0. The summed E-state index contributed by atoms with van der Waals surface area (Å²) in [6.07, 6.45) is 12.7. The topological polar surface area (TPSA) is 206 Å². The van der Waals surface area contributed by atoms with Crippen molar-refractivity contribution in [3.05, 3.63) is 101 Å². The molecule has 52 heavy (non-hydrogen) atoms. The number of hydrogen-bond acceptors (Lipinski definition) is 10. The molecule has 17 heteroatoms. The van der Waals surface area contributed by atoms with Crippen molar-refractivity contribution in [2.45, 2.75) is 56.9 Å². The van der Waals surface area contributed by atoms with Gasteiger partial charge >= 0.3 is 57.4 Å². The molecular weight excluding hydrogens is 736 g/mol. The van der Waals surface area contributed by atoms with E-state index in [-0.39, 0.29) is 75.0 Å². The first-order valence-electron chi connectivity index (χ1n) is 16.3. The molecule has 0 aromatic heterocycles. The van der Waals surface area contributed by atoms with Crippen LogP contribution in [0.5, 0.6) is 0 Å². The quantitative estimate of drug-likeness (QED) is 0.0448. The summed E-state index contributed by atoms with van der Waals surface area (Å²) in [6.45, 7) is 9.97. The van der Waals surface area contributed by atoms with E-state index >= 15 is 0 Å². The Bertz CT molecular complexity index is 2130. The summed E-state index contributed by atoms with van der Waals surface area (Å²) in [5, 5.41) is 4.11. The fourth-order valence-electron chi connectivity index (χ4n) is 7.34. The molecule has 0 bridgehead atoms. The molecule has 2 aromatic carbocycles. The van der Waals surface area contributed by atoms with E-state index in [1.54, 1.807) is 36.4 Å². The van der Waals surface area contributed by atoms with Crippen LogP contribution in [0.1, 0.15) is 57.4 Å². The molecule has 5 rings (SSSR count). The Hall–Kier alpha value is -2.36. The van der Waals surface area contributed by atoms with Crippen LogP contribution < -0.4 is 77.9 Å². The molecule has 2 aromatic rings. The molecule has 3 unspecified atom stereocenters. The average molecular weight is 780 g/mol.